The molecule has 1 aromatic carbocycles. The fraction of sp³-hybridized carbons (Fsp3) is 0.533. The zero-order valence-electron chi connectivity index (χ0n) is 12.0. The van der Waals surface area contributed by atoms with Gasteiger partial charge in [-0.2, -0.15) is 0 Å². The number of rotatable bonds is 3. The Bertz CT molecular complexity index is 430. The van der Waals surface area contributed by atoms with Crippen molar-refractivity contribution in [3.8, 4) is 0 Å². The lowest BCUT2D eigenvalue weighted by molar-refractivity contribution is -0.121. The SMILES string of the molecule is CCc1ccc(N(C)C(=O)C2CN(C)CCN2)cc1. The first-order valence-corrected chi connectivity index (χ1v) is 6.90. The molecule has 4 nitrogen and oxygen atoms in total. The zero-order valence-corrected chi connectivity index (χ0v) is 12.0. The number of anilines is 1. The lowest BCUT2D eigenvalue weighted by Crippen LogP contribution is -2.56. The van der Waals surface area contributed by atoms with Crippen LogP contribution in [0.3, 0.4) is 0 Å². The summed E-state index contributed by atoms with van der Waals surface area (Å²) in [5.41, 5.74) is 2.25. The van der Waals surface area contributed by atoms with Gasteiger partial charge in [-0.1, -0.05) is 19.1 Å². The minimum absolute atomic E-state index is 0.102. The van der Waals surface area contributed by atoms with Crippen LogP contribution in [0.5, 0.6) is 0 Å². The van der Waals surface area contributed by atoms with Gasteiger partial charge in [0.15, 0.2) is 0 Å². The fourth-order valence-corrected chi connectivity index (χ4v) is 2.38. The van der Waals surface area contributed by atoms with Crippen molar-refractivity contribution in [2.45, 2.75) is 19.4 Å². The maximum atomic E-state index is 12.4. The van der Waals surface area contributed by atoms with E-state index in [2.05, 4.69) is 36.3 Å². The predicted molar refractivity (Wildman–Crippen MR) is 78.5 cm³/mol. The molecule has 0 radical (unpaired) electrons. The summed E-state index contributed by atoms with van der Waals surface area (Å²) in [5, 5.41) is 3.29. The van der Waals surface area contributed by atoms with Gasteiger partial charge in [-0.3, -0.25) is 4.79 Å². The van der Waals surface area contributed by atoms with Crippen LogP contribution in [0.4, 0.5) is 5.69 Å². The summed E-state index contributed by atoms with van der Waals surface area (Å²) >= 11 is 0. The van der Waals surface area contributed by atoms with Crippen molar-refractivity contribution in [2.24, 2.45) is 0 Å². The van der Waals surface area contributed by atoms with Gasteiger partial charge in [-0.15, -0.1) is 0 Å². The molecule has 0 saturated carbocycles. The third-order valence-corrected chi connectivity index (χ3v) is 3.74. The van der Waals surface area contributed by atoms with E-state index in [0.717, 1.165) is 31.7 Å². The summed E-state index contributed by atoms with van der Waals surface area (Å²) in [6.45, 7) is 4.77. The van der Waals surface area contributed by atoms with E-state index in [0.29, 0.717) is 0 Å². The molecule has 1 amide bonds. The molecule has 1 fully saturated rings. The molecule has 4 heteroatoms. The van der Waals surface area contributed by atoms with Crippen molar-refractivity contribution in [3.05, 3.63) is 29.8 Å². The maximum Gasteiger partial charge on any atom is 0.245 e. The number of piperazine rings is 1. The minimum atomic E-state index is -0.102. The summed E-state index contributed by atoms with van der Waals surface area (Å²) in [6.07, 6.45) is 1.02. The van der Waals surface area contributed by atoms with Crippen molar-refractivity contribution < 1.29 is 4.79 Å². The molecule has 1 unspecified atom stereocenters. The van der Waals surface area contributed by atoms with Crippen molar-refractivity contribution in [1.82, 2.24) is 10.2 Å². The van der Waals surface area contributed by atoms with E-state index >= 15 is 0 Å². The maximum absolute atomic E-state index is 12.4. The van der Waals surface area contributed by atoms with Gasteiger partial charge in [0, 0.05) is 32.4 Å². The van der Waals surface area contributed by atoms with Crippen LogP contribution < -0.4 is 10.2 Å². The van der Waals surface area contributed by atoms with Gasteiger partial charge in [0.2, 0.25) is 5.91 Å². The third kappa shape index (κ3) is 3.33. The molecule has 0 bridgehead atoms. The molecule has 1 aliphatic heterocycles. The monoisotopic (exact) mass is 261 g/mol. The van der Waals surface area contributed by atoms with Crippen LogP contribution in [0.15, 0.2) is 24.3 Å². The molecular weight excluding hydrogens is 238 g/mol. The Morgan fingerprint density at radius 2 is 2.11 bits per heavy atom. The van der Waals surface area contributed by atoms with Crippen molar-refractivity contribution in [1.29, 1.82) is 0 Å². The number of carbonyl (C=O) groups is 1. The number of likely N-dealkylation sites (N-methyl/N-ethyl adjacent to an activating group) is 2. The molecule has 0 aromatic heterocycles. The smallest absolute Gasteiger partial charge is 0.245 e. The van der Waals surface area contributed by atoms with E-state index in [1.54, 1.807) is 4.90 Å². The first kappa shape index (κ1) is 14.0. The molecule has 104 valence electrons. The highest BCUT2D eigenvalue weighted by molar-refractivity contribution is 5.96. The molecule has 1 aliphatic rings. The van der Waals surface area contributed by atoms with Crippen LogP contribution in [-0.2, 0) is 11.2 Å². The van der Waals surface area contributed by atoms with E-state index in [4.69, 9.17) is 0 Å². The number of hydrogen-bond donors (Lipinski definition) is 1. The Hall–Kier alpha value is -1.39. The summed E-state index contributed by atoms with van der Waals surface area (Å²) in [5.74, 6) is 0.135. The number of nitrogens with one attached hydrogen (secondary N) is 1. The standard InChI is InChI=1S/C15H23N3O/c1-4-12-5-7-13(8-6-12)18(3)15(19)14-11-17(2)10-9-16-14/h5-8,14,16H,4,9-11H2,1-3H3. The Kier molecular flexibility index (Phi) is 4.56. The van der Waals surface area contributed by atoms with Crippen LogP contribution in [0.2, 0.25) is 0 Å². The van der Waals surface area contributed by atoms with Gasteiger partial charge >= 0.3 is 0 Å². The average Bonchev–Trinajstić information content (AvgIpc) is 2.46. The number of nitrogens with zero attached hydrogens (tertiary/aromatic N) is 2. The Morgan fingerprint density at radius 3 is 2.68 bits per heavy atom. The summed E-state index contributed by atoms with van der Waals surface area (Å²) in [7, 11) is 3.90. The molecule has 1 aromatic rings. The van der Waals surface area contributed by atoms with Gasteiger partial charge in [-0.05, 0) is 31.2 Å². The second kappa shape index (κ2) is 6.17. The normalized spacial score (nSPS) is 20.3. The molecule has 2 rings (SSSR count). The second-order valence-electron chi connectivity index (χ2n) is 5.19. The van der Waals surface area contributed by atoms with E-state index in [9.17, 15) is 4.79 Å². The topological polar surface area (TPSA) is 35.6 Å². The van der Waals surface area contributed by atoms with Crippen molar-refractivity contribution in [3.63, 3.8) is 0 Å². The van der Waals surface area contributed by atoms with Crippen molar-refractivity contribution in [2.75, 3.05) is 38.6 Å². The number of hydrogen-bond acceptors (Lipinski definition) is 3. The van der Waals surface area contributed by atoms with Crippen LogP contribution in [0.1, 0.15) is 12.5 Å². The van der Waals surface area contributed by atoms with E-state index < -0.39 is 0 Å². The molecule has 19 heavy (non-hydrogen) atoms. The highest BCUT2D eigenvalue weighted by atomic mass is 16.2. The molecule has 0 aliphatic carbocycles. The van der Waals surface area contributed by atoms with E-state index in [1.165, 1.54) is 5.56 Å². The highest BCUT2D eigenvalue weighted by Crippen LogP contribution is 2.15. The lowest BCUT2D eigenvalue weighted by atomic mass is 10.1. The number of benzene rings is 1. The van der Waals surface area contributed by atoms with Crippen LogP contribution >= 0.6 is 0 Å². The van der Waals surface area contributed by atoms with Gasteiger partial charge in [0.25, 0.3) is 0 Å². The molecule has 1 heterocycles. The molecule has 1 N–H and O–H groups in total. The van der Waals surface area contributed by atoms with Crippen molar-refractivity contribution >= 4 is 11.6 Å². The fourth-order valence-electron chi connectivity index (χ4n) is 2.38. The summed E-state index contributed by atoms with van der Waals surface area (Å²) in [4.78, 5) is 16.4. The Labute approximate surface area is 115 Å². The van der Waals surface area contributed by atoms with Gasteiger partial charge in [0.05, 0.1) is 0 Å². The molecule has 0 spiro atoms. The summed E-state index contributed by atoms with van der Waals surface area (Å²) < 4.78 is 0. The average molecular weight is 261 g/mol. The molecule has 1 saturated heterocycles. The largest absolute Gasteiger partial charge is 0.314 e. The van der Waals surface area contributed by atoms with Crippen LogP contribution in [-0.4, -0.2) is 50.6 Å². The highest BCUT2D eigenvalue weighted by Gasteiger charge is 2.26. The van der Waals surface area contributed by atoms with Crippen LogP contribution in [0.25, 0.3) is 0 Å². The number of aryl methyl sites for hydroxylation is 1. The Balaban J connectivity index is 2.05. The first-order chi connectivity index (χ1) is 9.11. The van der Waals surface area contributed by atoms with E-state index in [1.807, 2.05) is 19.2 Å². The third-order valence-electron chi connectivity index (χ3n) is 3.74. The molecular formula is C15H23N3O. The number of carbonyl (C=O) groups excluding carboxylic acids is 1. The quantitative estimate of drug-likeness (QED) is 0.885. The van der Waals surface area contributed by atoms with Gasteiger partial charge in [-0.25, -0.2) is 0 Å². The first-order valence-electron chi connectivity index (χ1n) is 6.90. The zero-order chi connectivity index (χ0) is 13.8. The number of amides is 1. The van der Waals surface area contributed by atoms with Gasteiger partial charge < -0.3 is 15.1 Å². The minimum Gasteiger partial charge on any atom is -0.314 e. The van der Waals surface area contributed by atoms with Gasteiger partial charge in [0.1, 0.15) is 6.04 Å². The Morgan fingerprint density at radius 1 is 1.42 bits per heavy atom. The van der Waals surface area contributed by atoms with Crippen LogP contribution in [0, 0.1) is 0 Å². The molecule has 1 atom stereocenters. The van der Waals surface area contributed by atoms with E-state index in [-0.39, 0.29) is 11.9 Å². The lowest BCUT2D eigenvalue weighted by Gasteiger charge is -2.32. The second-order valence-corrected chi connectivity index (χ2v) is 5.19. The summed E-state index contributed by atoms with van der Waals surface area (Å²) in [6, 6.07) is 8.10. The predicted octanol–water partition coefficient (Wildman–Crippen LogP) is 1.12.